The molecule has 1 saturated heterocycles. The standard InChI is InChI=1S/C18H32O6/c1-8-12-16(6,7)17(9-2,10-3)14(19)22-23-15(20)18(11-4)13(5)21-24-18/h13H,8-12H2,1-7H3. The first kappa shape index (κ1) is 20.9. The van der Waals surface area contributed by atoms with Crippen LogP contribution in [0.1, 0.15) is 80.6 Å². The Kier molecular flexibility index (Phi) is 6.82. The van der Waals surface area contributed by atoms with Crippen LogP contribution in [-0.4, -0.2) is 23.6 Å². The van der Waals surface area contributed by atoms with Gasteiger partial charge in [-0.1, -0.05) is 48.0 Å². The first-order chi connectivity index (χ1) is 11.2. The van der Waals surface area contributed by atoms with Crippen molar-refractivity contribution in [3.63, 3.8) is 0 Å². The molecule has 140 valence electrons. The molecule has 0 radical (unpaired) electrons. The van der Waals surface area contributed by atoms with Gasteiger partial charge in [0.2, 0.25) is 5.60 Å². The lowest BCUT2D eigenvalue weighted by Crippen LogP contribution is -2.60. The number of hydrogen-bond donors (Lipinski definition) is 0. The summed E-state index contributed by atoms with van der Waals surface area (Å²) < 4.78 is 0. The van der Waals surface area contributed by atoms with E-state index in [2.05, 4.69) is 20.8 Å². The third kappa shape index (κ3) is 3.31. The second kappa shape index (κ2) is 7.83. The molecule has 0 bridgehead atoms. The van der Waals surface area contributed by atoms with Gasteiger partial charge in [0.05, 0.1) is 5.41 Å². The fourth-order valence-corrected chi connectivity index (χ4v) is 3.81. The number of rotatable bonds is 8. The molecular formula is C18H32O6. The van der Waals surface area contributed by atoms with Gasteiger partial charge in [0.15, 0.2) is 0 Å². The van der Waals surface area contributed by atoms with Crippen molar-refractivity contribution in [2.45, 2.75) is 92.3 Å². The first-order valence-corrected chi connectivity index (χ1v) is 8.95. The van der Waals surface area contributed by atoms with Gasteiger partial charge in [-0.3, -0.25) is 0 Å². The average molecular weight is 344 g/mol. The molecule has 0 spiro atoms. The fourth-order valence-electron chi connectivity index (χ4n) is 3.81. The van der Waals surface area contributed by atoms with Crippen molar-refractivity contribution < 1.29 is 29.1 Å². The average Bonchev–Trinajstić information content (AvgIpc) is 2.53. The van der Waals surface area contributed by atoms with Crippen LogP contribution in [-0.2, 0) is 29.1 Å². The van der Waals surface area contributed by atoms with Gasteiger partial charge in [0, 0.05) is 0 Å². The monoisotopic (exact) mass is 344 g/mol. The van der Waals surface area contributed by atoms with Crippen LogP contribution in [0.25, 0.3) is 0 Å². The summed E-state index contributed by atoms with van der Waals surface area (Å²) in [6, 6.07) is 0. The summed E-state index contributed by atoms with van der Waals surface area (Å²) in [5.41, 5.74) is -2.16. The van der Waals surface area contributed by atoms with E-state index < -0.39 is 29.1 Å². The number of carbonyl (C=O) groups is 2. The van der Waals surface area contributed by atoms with Crippen molar-refractivity contribution >= 4 is 11.9 Å². The van der Waals surface area contributed by atoms with Crippen molar-refractivity contribution in [1.82, 2.24) is 0 Å². The van der Waals surface area contributed by atoms with Crippen molar-refractivity contribution in [2.75, 3.05) is 0 Å². The van der Waals surface area contributed by atoms with Gasteiger partial charge in [0.1, 0.15) is 6.10 Å². The van der Waals surface area contributed by atoms with E-state index in [9.17, 15) is 9.59 Å². The quantitative estimate of drug-likeness (QED) is 0.487. The molecule has 0 aromatic carbocycles. The maximum Gasteiger partial charge on any atom is 0.393 e. The van der Waals surface area contributed by atoms with Crippen molar-refractivity contribution in [2.24, 2.45) is 10.8 Å². The van der Waals surface area contributed by atoms with Crippen LogP contribution >= 0.6 is 0 Å². The van der Waals surface area contributed by atoms with Gasteiger partial charge in [-0.25, -0.2) is 29.1 Å². The summed E-state index contributed by atoms with van der Waals surface area (Å²) in [5.74, 6) is -1.23. The van der Waals surface area contributed by atoms with Crippen LogP contribution in [0.5, 0.6) is 0 Å². The minimum atomic E-state index is -1.19. The van der Waals surface area contributed by atoms with Gasteiger partial charge in [-0.15, -0.1) is 0 Å². The van der Waals surface area contributed by atoms with Crippen LogP contribution in [0, 0.1) is 10.8 Å². The molecule has 1 rings (SSSR count). The van der Waals surface area contributed by atoms with Crippen LogP contribution < -0.4 is 0 Å². The maximum atomic E-state index is 12.8. The highest BCUT2D eigenvalue weighted by atomic mass is 17.3. The van der Waals surface area contributed by atoms with Crippen molar-refractivity contribution in [3.8, 4) is 0 Å². The topological polar surface area (TPSA) is 71.1 Å². The highest BCUT2D eigenvalue weighted by molar-refractivity contribution is 5.82. The van der Waals surface area contributed by atoms with Gasteiger partial charge in [0.25, 0.3) is 0 Å². The summed E-state index contributed by atoms with van der Waals surface area (Å²) in [6.45, 7) is 13.6. The molecule has 0 saturated carbocycles. The molecule has 0 amide bonds. The number of carbonyl (C=O) groups excluding carboxylic acids is 2. The third-order valence-electron chi connectivity index (χ3n) is 5.83. The predicted octanol–water partition coefficient (Wildman–Crippen LogP) is 4.12. The molecule has 6 nitrogen and oxygen atoms in total. The van der Waals surface area contributed by atoms with Gasteiger partial charge >= 0.3 is 11.9 Å². The molecule has 0 N–H and O–H groups in total. The lowest BCUT2D eigenvalue weighted by Gasteiger charge is -2.44. The minimum Gasteiger partial charge on any atom is -0.247 e. The van der Waals surface area contributed by atoms with Crippen molar-refractivity contribution in [3.05, 3.63) is 0 Å². The molecule has 1 aliphatic heterocycles. The Morgan fingerprint density at radius 1 is 1.08 bits per heavy atom. The van der Waals surface area contributed by atoms with Crippen LogP contribution in [0.4, 0.5) is 0 Å². The van der Waals surface area contributed by atoms with E-state index in [4.69, 9.17) is 19.6 Å². The highest BCUT2D eigenvalue weighted by Crippen LogP contribution is 2.48. The molecule has 1 fully saturated rings. The van der Waals surface area contributed by atoms with Crippen LogP contribution in [0.3, 0.4) is 0 Å². The van der Waals surface area contributed by atoms with E-state index in [0.29, 0.717) is 19.3 Å². The van der Waals surface area contributed by atoms with Gasteiger partial charge in [-0.05, 0) is 38.0 Å². The highest BCUT2D eigenvalue weighted by Gasteiger charge is 2.57. The van der Waals surface area contributed by atoms with E-state index in [0.717, 1.165) is 12.8 Å². The van der Waals surface area contributed by atoms with Gasteiger partial charge in [-0.2, -0.15) is 0 Å². The summed E-state index contributed by atoms with van der Waals surface area (Å²) in [6.07, 6.45) is 3.00. The molecule has 1 aliphatic rings. The Labute approximate surface area is 145 Å². The SMILES string of the molecule is CCCC(C)(C)C(CC)(CC)C(=O)OOC(=O)C1(CC)OOC1C. The lowest BCUT2D eigenvalue weighted by atomic mass is 9.60. The zero-order chi connectivity index (χ0) is 18.6. The Morgan fingerprint density at radius 2 is 1.67 bits per heavy atom. The molecule has 6 heteroatoms. The number of hydrogen-bond acceptors (Lipinski definition) is 6. The molecular weight excluding hydrogens is 312 g/mol. The second-order valence-corrected chi connectivity index (χ2v) is 7.23. The Hall–Kier alpha value is -1.14. The largest absolute Gasteiger partial charge is 0.393 e. The summed E-state index contributed by atoms with van der Waals surface area (Å²) in [5, 5.41) is 0. The maximum absolute atomic E-state index is 12.8. The second-order valence-electron chi connectivity index (χ2n) is 7.23. The third-order valence-corrected chi connectivity index (χ3v) is 5.83. The minimum absolute atomic E-state index is 0.263. The predicted molar refractivity (Wildman–Crippen MR) is 88.5 cm³/mol. The van der Waals surface area contributed by atoms with Crippen LogP contribution in [0.2, 0.25) is 0 Å². The molecule has 2 unspecified atom stereocenters. The Morgan fingerprint density at radius 3 is 2.00 bits per heavy atom. The molecule has 24 heavy (non-hydrogen) atoms. The zero-order valence-corrected chi connectivity index (χ0v) is 16.1. The van der Waals surface area contributed by atoms with E-state index in [1.54, 1.807) is 13.8 Å². The molecule has 0 aromatic heterocycles. The molecule has 0 aliphatic carbocycles. The Bertz CT molecular complexity index is 450. The summed E-state index contributed by atoms with van der Waals surface area (Å²) in [4.78, 5) is 44.7. The molecule has 0 aromatic rings. The normalized spacial score (nSPS) is 24.2. The lowest BCUT2D eigenvalue weighted by molar-refractivity contribution is -0.497. The zero-order valence-electron chi connectivity index (χ0n) is 16.1. The summed E-state index contributed by atoms with van der Waals surface area (Å²) >= 11 is 0. The molecule has 2 atom stereocenters. The van der Waals surface area contributed by atoms with E-state index in [1.807, 2.05) is 13.8 Å². The van der Waals surface area contributed by atoms with Crippen LogP contribution in [0.15, 0.2) is 0 Å². The summed E-state index contributed by atoms with van der Waals surface area (Å²) in [7, 11) is 0. The smallest absolute Gasteiger partial charge is 0.247 e. The van der Waals surface area contributed by atoms with E-state index in [1.165, 1.54) is 0 Å². The van der Waals surface area contributed by atoms with Gasteiger partial charge < -0.3 is 0 Å². The van der Waals surface area contributed by atoms with Crippen molar-refractivity contribution in [1.29, 1.82) is 0 Å². The van der Waals surface area contributed by atoms with E-state index >= 15 is 0 Å². The molecule has 1 heterocycles. The van der Waals surface area contributed by atoms with E-state index in [-0.39, 0.29) is 5.41 Å². The first-order valence-electron chi connectivity index (χ1n) is 8.95. The Balaban J connectivity index is 2.85. The fraction of sp³-hybridized carbons (Fsp3) is 0.889.